The maximum atomic E-state index is 12.2. The molecule has 0 bridgehead atoms. The van der Waals surface area contributed by atoms with E-state index in [1.807, 2.05) is 0 Å². The van der Waals surface area contributed by atoms with E-state index in [-0.39, 0.29) is 10.6 Å². The molecule has 1 rings (SSSR count). The van der Waals surface area contributed by atoms with E-state index >= 15 is 0 Å². The molecule has 0 aliphatic carbocycles. The van der Waals surface area contributed by atoms with Crippen LogP contribution in [0, 0.1) is 0 Å². The lowest BCUT2D eigenvalue weighted by Gasteiger charge is -2.05. The van der Waals surface area contributed by atoms with E-state index in [2.05, 4.69) is 4.98 Å². The maximum Gasteiger partial charge on any atom is 0.280 e. The van der Waals surface area contributed by atoms with Gasteiger partial charge in [-0.25, -0.2) is 13.8 Å². The van der Waals surface area contributed by atoms with Gasteiger partial charge >= 0.3 is 0 Å². The highest BCUT2D eigenvalue weighted by Gasteiger charge is 2.18. The van der Waals surface area contributed by atoms with Crippen LogP contribution in [0.1, 0.15) is 22.5 Å². The van der Waals surface area contributed by atoms with Gasteiger partial charge in [0, 0.05) is 0 Å². The molecule has 0 spiro atoms. The van der Waals surface area contributed by atoms with Crippen molar-refractivity contribution in [3.05, 3.63) is 27.5 Å². The van der Waals surface area contributed by atoms with Gasteiger partial charge in [0.05, 0.1) is 10.6 Å². The lowest BCUT2D eigenvalue weighted by molar-refractivity contribution is 0.0999. The average molecular weight is 241 g/mol. The molecule has 0 fully saturated rings. The first kappa shape index (κ1) is 11.1. The Morgan fingerprint density at radius 1 is 1.50 bits per heavy atom. The standard InChI is InChI=1S/C7H4Cl2F2N2O/c8-2-1-3(6(10)11)13-5(9)4(2)7(12)14/h1,6H,(H2,12,14). The van der Waals surface area contributed by atoms with Gasteiger partial charge in [-0.3, -0.25) is 4.79 Å². The van der Waals surface area contributed by atoms with E-state index in [0.717, 1.165) is 6.07 Å². The zero-order valence-corrected chi connectivity index (χ0v) is 8.11. The number of nitrogens with two attached hydrogens (primary N) is 1. The normalized spacial score (nSPS) is 10.6. The number of nitrogens with zero attached hydrogens (tertiary/aromatic N) is 1. The van der Waals surface area contributed by atoms with Crippen LogP contribution in [0.4, 0.5) is 8.78 Å². The molecule has 1 amide bonds. The second-order valence-corrected chi connectivity index (χ2v) is 3.12. The Hall–Kier alpha value is -0.940. The lowest BCUT2D eigenvalue weighted by atomic mass is 10.2. The van der Waals surface area contributed by atoms with Crippen LogP contribution in [-0.4, -0.2) is 10.9 Å². The molecule has 3 nitrogen and oxygen atoms in total. The highest BCUT2D eigenvalue weighted by Crippen LogP contribution is 2.27. The Morgan fingerprint density at radius 2 is 2.07 bits per heavy atom. The molecule has 0 unspecified atom stereocenters. The van der Waals surface area contributed by atoms with Gasteiger partial charge in [-0.1, -0.05) is 23.2 Å². The van der Waals surface area contributed by atoms with Crippen molar-refractivity contribution in [1.82, 2.24) is 4.98 Å². The van der Waals surface area contributed by atoms with Crippen molar-refractivity contribution in [3.63, 3.8) is 0 Å². The summed E-state index contributed by atoms with van der Waals surface area (Å²) < 4.78 is 24.3. The molecule has 0 aliphatic heterocycles. The summed E-state index contributed by atoms with van der Waals surface area (Å²) in [4.78, 5) is 14.0. The molecule has 1 heterocycles. The number of rotatable bonds is 2. The fraction of sp³-hybridized carbons (Fsp3) is 0.143. The first-order valence-electron chi connectivity index (χ1n) is 3.37. The molecule has 76 valence electrons. The first-order chi connectivity index (χ1) is 6.43. The topological polar surface area (TPSA) is 56.0 Å². The van der Waals surface area contributed by atoms with Crippen LogP contribution in [0.2, 0.25) is 10.2 Å². The number of primary amides is 1. The van der Waals surface area contributed by atoms with E-state index in [4.69, 9.17) is 28.9 Å². The van der Waals surface area contributed by atoms with Gasteiger partial charge in [-0.05, 0) is 6.07 Å². The lowest BCUT2D eigenvalue weighted by Crippen LogP contribution is -2.13. The molecule has 0 aliphatic rings. The summed E-state index contributed by atoms with van der Waals surface area (Å²) >= 11 is 11.0. The van der Waals surface area contributed by atoms with Crippen LogP contribution >= 0.6 is 23.2 Å². The van der Waals surface area contributed by atoms with Crippen LogP contribution < -0.4 is 5.73 Å². The summed E-state index contributed by atoms with van der Waals surface area (Å²) in [5.74, 6) is -0.909. The van der Waals surface area contributed by atoms with E-state index in [0.29, 0.717) is 0 Å². The molecule has 0 saturated carbocycles. The summed E-state index contributed by atoms with van der Waals surface area (Å²) in [7, 11) is 0. The number of amides is 1. The van der Waals surface area contributed by atoms with E-state index < -0.39 is 23.2 Å². The fourth-order valence-electron chi connectivity index (χ4n) is 0.833. The van der Waals surface area contributed by atoms with Crippen LogP contribution in [0.25, 0.3) is 0 Å². The quantitative estimate of drug-likeness (QED) is 0.808. The van der Waals surface area contributed by atoms with Crippen molar-refractivity contribution in [3.8, 4) is 0 Å². The van der Waals surface area contributed by atoms with Gasteiger partial charge in [-0.2, -0.15) is 0 Å². The molecular formula is C7H4Cl2F2N2O. The summed E-state index contributed by atoms with van der Waals surface area (Å²) in [5.41, 5.74) is 4.06. The number of hydrogen-bond acceptors (Lipinski definition) is 2. The second-order valence-electron chi connectivity index (χ2n) is 2.36. The van der Waals surface area contributed by atoms with Gasteiger partial charge in [0.1, 0.15) is 10.8 Å². The minimum absolute atomic E-state index is 0.229. The average Bonchev–Trinajstić information content (AvgIpc) is 2.01. The highest BCUT2D eigenvalue weighted by atomic mass is 35.5. The van der Waals surface area contributed by atoms with Gasteiger partial charge < -0.3 is 5.73 Å². The summed E-state index contributed by atoms with van der Waals surface area (Å²) in [6.45, 7) is 0. The minimum Gasteiger partial charge on any atom is -0.365 e. The molecule has 0 radical (unpaired) electrons. The SMILES string of the molecule is NC(=O)c1c(Cl)cc(C(F)F)nc1Cl. The molecule has 0 atom stereocenters. The van der Waals surface area contributed by atoms with E-state index in [1.54, 1.807) is 0 Å². The van der Waals surface area contributed by atoms with Gasteiger partial charge in [0.25, 0.3) is 12.3 Å². The van der Waals surface area contributed by atoms with E-state index in [1.165, 1.54) is 0 Å². The molecule has 0 aromatic carbocycles. The third kappa shape index (κ3) is 2.10. The van der Waals surface area contributed by atoms with Crippen molar-refractivity contribution in [2.24, 2.45) is 5.73 Å². The second kappa shape index (κ2) is 4.06. The predicted octanol–water partition coefficient (Wildman–Crippen LogP) is 2.42. The molecule has 0 saturated heterocycles. The number of halogens is 4. The molecule has 1 aromatic rings. The predicted molar refractivity (Wildman–Crippen MR) is 47.7 cm³/mol. The zero-order chi connectivity index (χ0) is 10.9. The minimum atomic E-state index is -2.80. The van der Waals surface area contributed by atoms with E-state index in [9.17, 15) is 13.6 Å². The Kier molecular flexibility index (Phi) is 3.23. The summed E-state index contributed by atoms with van der Waals surface area (Å²) in [6.07, 6.45) is -2.80. The largest absolute Gasteiger partial charge is 0.365 e. The van der Waals surface area contributed by atoms with Gasteiger partial charge in [0.15, 0.2) is 0 Å². The number of aromatic nitrogens is 1. The first-order valence-corrected chi connectivity index (χ1v) is 4.13. The number of carbonyl (C=O) groups is 1. The Bertz CT molecular complexity index is 361. The van der Waals surface area contributed by atoms with Crippen molar-refractivity contribution in [2.45, 2.75) is 6.43 Å². The molecule has 2 N–H and O–H groups in total. The van der Waals surface area contributed by atoms with Gasteiger partial charge in [0.2, 0.25) is 0 Å². The summed E-state index contributed by atoms with van der Waals surface area (Å²) in [5, 5.41) is -0.645. The van der Waals surface area contributed by atoms with Crippen LogP contribution in [0.3, 0.4) is 0 Å². The highest BCUT2D eigenvalue weighted by molar-refractivity contribution is 6.38. The molecule has 7 heteroatoms. The molecule has 14 heavy (non-hydrogen) atoms. The van der Waals surface area contributed by atoms with Crippen molar-refractivity contribution >= 4 is 29.1 Å². The maximum absolute atomic E-state index is 12.2. The Morgan fingerprint density at radius 3 is 2.43 bits per heavy atom. The third-order valence-electron chi connectivity index (χ3n) is 1.42. The Balaban J connectivity index is 3.32. The van der Waals surface area contributed by atoms with Crippen molar-refractivity contribution < 1.29 is 13.6 Å². The van der Waals surface area contributed by atoms with Crippen molar-refractivity contribution in [1.29, 1.82) is 0 Å². The smallest absolute Gasteiger partial charge is 0.280 e. The third-order valence-corrected chi connectivity index (χ3v) is 1.99. The zero-order valence-electron chi connectivity index (χ0n) is 6.60. The number of carbonyl (C=O) groups excluding carboxylic acids is 1. The Labute approximate surface area is 87.8 Å². The monoisotopic (exact) mass is 240 g/mol. The number of hydrogen-bond donors (Lipinski definition) is 1. The summed E-state index contributed by atoms with van der Waals surface area (Å²) in [6, 6.07) is 0.859. The van der Waals surface area contributed by atoms with Crippen LogP contribution in [0.5, 0.6) is 0 Å². The fourth-order valence-corrected chi connectivity index (χ4v) is 1.47. The number of alkyl halides is 2. The van der Waals surface area contributed by atoms with Gasteiger partial charge in [-0.15, -0.1) is 0 Å². The molecule has 1 aromatic heterocycles. The number of pyridine rings is 1. The van der Waals surface area contributed by atoms with Crippen molar-refractivity contribution in [2.75, 3.05) is 0 Å². The van der Waals surface area contributed by atoms with Crippen LogP contribution in [-0.2, 0) is 0 Å². The molecular weight excluding hydrogens is 237 g/mol. The van der Waals surface area contributed by atoms with Crippen LogP contribution in [0.15, 0.2) is 6.07 Å².